The molecule has 7 heteroatoms. The molecule has 0 saturated carbocycles. The lowest BCUT2D eigenvalue weighted by Crippen LogP contribution is -1.95. The summed E-state index contributed by atoms with van der Waals surface area (Å²) in [5.41, 5.74) is -1.73. The molecular formula is C14H10N2O5. The maximum absolute atomic E-state index is 11.0. The predicted molar refractivity (Wildman–Crippen MR) is 72.6 cm³/mol. The second-order valence-corrected chi connectivity index (χ2v) is 3.74. The molecule has 106 valence electrons. The molecule has 0 aliphatic carbocycles. The molecule has 0 fully saturated rings. The van der Waals surface area contributed by atoms with Gasteiger partial charge in [0.1, 0.15) is 11.3 Å². The van der Waals surface area contributed by atoms with Crippen LogP contribution in [0, 0.1) is 0 Å². The fourth-order valence-electron chi connectivity index (χ4n) is 1.33. The highest BCUT2D eigenvalue weighted by Gasteiger charge is 2.09. The fourth-order valence-corrected chi connectivity index (χ4v) is 1.33. The highest BCUT2D eigenvalue weighted by molar-refractivity contribution is 5.91. The number of aromatic carboxylic acids is 2. The first kappa shape index (κ1) is 9.65. The number of aromatic hydroxyl groups is 1. The molecule has 0 aromatic heterocycles. The average molecular weight is 290 g/mol. The highest BCUT2D eigenvalue weighted by atomic mass is 16.4. The minimum absolute atomic E-state index is 0.0191. The van der Waals surface area contributed by atoms with E-state index in [-0.39, 0.29) is 5.69 Å². The van der Waals surface area contributed by atoms with Gasteiger partial charge in [0.25, 0.3) is 0 Å². The molecule has 0 aliphatic rings. The van der Waals surface area contributed by atoms with Crippen LogP contribution in [0.3, 0.4) is 0 Å². The molecule has 0 bridgehead atoms. The Balaban J connectivity index is 2.55. The fraction of sp³-hybridized carbons (Fsp3) is 0. The smallest absolute Gasteiger partial charge is 0.339 e. The number of nitrogens with zero attached hydrogens (tertiary/aromatic N) is 2. The lowest BCUT2D eigenvalue weighted by molar-refractivity contribution is 0.0684. The standard InChI is InChI=1S/C14H10N2O5/c17-12-6-5-10(7-11(12)14(20)21)16-15-9-3-1-8(2-4-9)13(18)19/h1-7,17H,(H,18,19)(H,20,21)/i1D,2D,3D,4D. The first-order valence-corrected chi connectivity index (χ1v) is 5.46. The third kappa shape index (κ3) is 3.41. The van der Waals surface area contributed by atoms with Gasteiger partial charge in [-0.25, -0.2) is 9.59 Å². The Morgan fingerprint density at radius 3 is 2.14 bits per heavy atom. The number of carbonyl (C=O) groups is 2. The van der Waals surface area contributed by atoms with Crippen molar-refractivity contribution in [3.63, 3.8) is 0 Å². The van der Waals surface area contributed by atoms with Crippen LogP contribution in [0.2, 0.25) is 0 Å². The SMILES string of the molecule is [2H]c1c([2H])c(C(=O)O)c([2H])c([2H])c1N=Nc1ccc(O)c(C(=O)O)c1. The van der Waals surface area contributed by atoms with Crippen molar-refractivity contribution in [1.82, 2.24) is 0 Å². The van der Waals surface area contributed by atoms with Crippen LogP contribution in [-0.4, -0.2) is 27.3 Å². The summed E-state index contributed by atoms with van der Waals surface area (Å²) in [7, 11) is 0. The lowest BCUT2D eigenvalue weighted by Gasteiger charge is -2.00. The van der Waals surface area contributed by atoms with Crippen molar-refractivity contribution in [3.8, 4) is 5.75 Å². The summed E-state index contributed by atoms with van der Waals surface area (Å²) in [4.78, 5) is 22.0. The van der Waals surface area contributed by atoms with Crippen LogP contribution in [0.15, 0.2) is 52.6 Å². The van der Waals surface area contributed by atoms with Gasteiger partial charge in [-0.3, -0.25) is 0 Å². The summed E-state index contributed by atoms with van der Waals surface area (Å²) in [5.74, 6) is -3.49. The van der Waals surface area contributed by atoms with Gasteiger partial charge in [-0.2, -0.15) is 10.2 Å². The normalized spacial score (nSPS) is 13.3. The third-order valence-electron chi connectivity index (χ3n) is 2.30. The van der Waals surface area contributed by atoms with E-state index >= 15 is 0 Å². The van der Waals surface area contributed by atoms with Gasteiger partial charge < -0.3 is 15.3 Å². The van der Waals surface area contributed by atoms with E-state index in [9.17, 15) is 14.7 Å². The van der Waals surface area contributed by atoms with E-state index in [1.54, 1.807) is 0 Å². The molecular weight excluding hydrogens is 276 g/mol. The molecule has 0 atom stereocenters. The average Bonchev–Trinajstić information content (AvgIpc) is 2.54. The maximum Gasteiger partial charge on any atom is 0.339 e. The summed E-state index contributed by atoms with van der Waals surface area (Å²) in [6, 6.07) is 0.356. The van der Waals surface area contributed by atoms with Crippen LogP contribution in [0.5, 0.6) is 5.75 Å². The largest absolute Gasteiger partial charge is 0.507 e. The van der Waals surface area contributed by atoms with E-state index < -0.39 is 58.7 Å². The number of phenols is 1. The van der Waals surface area contributed by atoms with Gasteiger partial charge >= 0.3 is 11.9 Å². The second kappa shape index (κ2) is 5.83. The zero-order chi connectivity index (χ0) is 18.9. The van der Waals surface area contributed by atoms with Gasteiger partial charge in [-0.1, -0.05) is 0 Å². The van der Waals surface area contributed by atoms with Crippen molar-refractivity contribution >= 4 is 23.3 Å². The van der Waals surface area contributed by atoms with Gasteiger partial charge in [0.2, 0.25) is 0 Å². The lowest BCUT2D eigenvalue weighted by atomic mass is 10.2. The van der Waals surface area contributed by atoms with Crippen molar-refractivity contribution in [2.45, 2.75) is 0 Å². The van der Waals surface area contributed by atoms with Crippen LogP contribution in [0.4, 0.5) is 11.4 Å². The van der Waals surface area contributed by atoms with Crippen molar-refractivity contribution in [3.05, 3.63) is 53.5 Å². The molecule has 0 spiro atoms. The number of carboxylic acid groups (broad SMARTS) is 2. The van der Waals surface area contributed by atoms with Crippen molar-refractivity contribution in [2.75, 3.05) is 0 Å². The van der Waals surface area contributed by atoms with Crippen molar-refractivity contribution in [2.24, 2.45) is 10.2 Å². The zero-order valence-electron chi connectivity index (χ0n) is 14.3. The Morgan fingerprint density at radius 1 is 0.952 bits per heavy atom. The number of rotatable bonds is 4. The second-order valence-electron chi connectivity index (χ2n) is 3.74. The third-order valence-corrected chi connectivity index (χ3v) is 2.30. The van der Waals surface area contributed by atoms with Crippen LogP contribution < -0.4 is 0 Å². The monoisotopic (exact) mass is 290 g/mol. The summed E-state index contributed by atoms with van der Waals surface area (Å²) in [6.07, 6.45) is 0. The minimum atomic E-state index is -1.61. The molecule has 2 rings (SSSR count). The predicted octanol–water partition coefficient (Wildman–Crippen LogP) is 3.20. The summed E-state index contributed by atoms with van der Waals surface area (Å²) in [6.45, 7) is 0. The van der Waals surface area contributed by atoms with Crippen molar-refractivity contribution in [1.29, 1.82) is 0 Å². The number of carboxylic acids is 2. The van der Waals surface area contributed by atoms with Gasteiger partial charge in [-0.15, -0.1) is 0 Å². The molecule has 0 heterocycles. The molecule has 3 N–H and O–H groups in total. The molecule has 0 radical (unpaired) electrons. The van der Waals surface area contributed by atoms with Gasteiger partial charge in [0.15, 0.2) is 0 Å². The number of benzene rings is 2. The van der Waals surface area contributed by atoms with Crippen LogP contribution in [0.25, 0.3) is 0 Å². The van der Waals surface area contributed by atoms with E-state index in [0.717, 1.165) is 12.1 Å². The first-order chi connectivity index (χ1) is 11.6. The molecule has 2 aromatic carbocycles. The molecule has 0 unspecified atom stereocenters. The number of hydrogen-bond acceptors (Lipinski definition) is 5. The summed E-state index contributed by atoms with van der Waals surface area (Å²) >= 11 is 0. The Hall–Kier alpha value is -3.22. The molecule has 0 saturated heterocycles. The first-order valence-electron chi connectivity index (χ1n) is 7.46. The Labute approximate surface area is 124 Å². The topological polar surface area (TPSA) is 120 Å². The molecule has 2 aromatic rings. The van der Waals surface area contributed by atoms with Gasteiger partial charge in [0, 0.05) is 0 Å². The number of azo groups is 1. The summed E-state index contributed by atoms with van der Waals surface area (Å²) < 4.78 is 30.7. The number of hydrogen-bond donors (Lipinski definition) is 3. The molecule has 21 heavy (non-hydrogen) atoms. The summed E-state index contributed by atoms with van der Waals surface area (Å²) in [5, 5.41) is 34.5. The Bertz CT molecular complexity index is 901. The van der Waals surface area contributed by atoms with E-state index in [0.29, 0.717) is 0 Å². The molecule has 0 amide bonds. The quantitative estimate of drug-likeness (QED) is 0.747. The maximum atomic E-state index is 11.0. The Kier molecular flexibility index (Phi) is 2.68. The van der Waals surface area contributed by atoms with E-state index in [1.165, 1.54) is 6.07 Å². The zero-order valence-corrected chi connectivity index (χ0v) is 10.3. The van der Waals surface area contributed by atoms with Gasteiger partial charge in [-0.05, 0) is 42.4 Å². The van der Waals surface area contributed by atoms with E-state index in [1.807, 2.05) is 0 Å². The van der Waals surface area contributed by atoms with E-state index in [4.69, 9.17) is 15.7 Å². The molecule has 0 aliphatic heterocycles. The van der Waals surface area contributed by atoms with Gasteiger partial charge in [0.05, 0.1) is 22.4 Å². The minimum Gasteiger partial charge on any atom is -0.507 e. The van der Waals surface area contributed by atoms with E-state index in [2.05, 4.69) is 10.2 Å². The van der Waals surface area contributed by atoms with Crippen molar-refractivity contribution < 1.29 is 30.4 Å². The Morgan fingerprint density at radius 2 is 1.57 bits per heavy atom. The van der Waals surface area contributed by atoms with Crippen LogP contribution in [0.1, 0.15) is 26.2 Å². The highest BCUT2D eigenvalue weighted by Crippen LogP contribution is 2.25. The van der Waals surface area contributed by atoms with Crippen LogP contribution in [-0.2, 0) is 0 Å². The molecule has 7 nitrogen and oxygen atoms in total. The van der Waals surface area contributed by atoms with Crippen LogP contribution >= 0.6 is 0 Å².